The Morgan fingerprint density at radius 3 is 2.55 bits per heavy atom. The lowest BCUT2D eigenvalue weighted by Crippen LogP contribution is -2.36. The van der Waals surface area contributed by atoms with Crippen molar-refractivity contribution in [2.45, 2.75) is 25.8 Å². The van der Waals surface area contributed by atoms with Crippen LogP contribution in [0.4, 0.5) is 0 Å². The van der Waals surface area contributed by atoms with Crippen LogP contribution in [0.25, 0.3) is 0 Å². The van der Waals surface area contributed by atoms with E-state index in [4.69, 9.17) is 14.2 Å². The molecule has 6 heteroatoms. The van der Waals surface area contributed by atoms with E-state index in [-0.39, 0.29) is 11.9 Å². The second-order valence-electron chi connectivity index (χ2n) is 7.04. The van der Waals surface area contributed by atoms with Crippen molar-refractivity contribution in [2.75, 3.05) is 40.5 Å². The maximum Gasteiger partial charge on any atom is 0.251 e. The molecule has 29 heavy (non-hydrogen) atoms. The van der Waals surface area contributed by atoms with Gasteiger partial charge in [0.15, 0.2) is 11.5 Å². The van der Waals surface area contributed by atoms with E-state index in [9.17, 15) is 4.79 Å². The van der Waals surface area contributed by atoms with Gasteiger partial charge in [0.1, 0.15) is 5.75 Å². The van der Waals surface area contributed by atoms with E-state index in [1.165, 1.54) is 12.8 Å². The number of rotatable bonds is 9. The van der Waals surface area contributed by atoms with E-state index < -0.39 is 0 Å². The molecule has 2 aromatic carbocycles. The molecule has 1 saturated heterocycles. The SMILES string of the molecule is CCOc1ccc(C(=O)NCC(c2cccc(OC)c2)N2CCCC2)cc1OC. The van der Waals surface area contributed by atoms with Crippen molar-refractivity contribution in [1.82, 2.24) is 10.2 Å². The van der Waals surface area contributed by atoms with Crippen LogP contribution in [-0.4, -0.2) is 51.3 Å². The lowest BCUT2D eigenvalue weighted by atomic mass is 10.0. The quantitative estimate of drug-likeness (QED) is 0.698. The third kappa shape index (κ3) is 5.21. The maximum absolute atomic E-state index is 12.8. The van der Waals surface area contributed by atoms with Crippen LogP contribution in [-0.2, 0) is 0 Å². The fourth-order valence-corrected chi connectivity index (χ4v) is 3.73. The van der Waals surface area contributed by atoms with Gasteiger partial charge in [0, 0.05) is 12.1 Å². The zero-order valence-corrected chi connectivity index (χ0v) is 17.4. The number of hydrogen-bond acceptors (Lipinski definition) is 5. The third-order valence-electron chi connectivity index (χ3n) is 5.24. The van der Waals surface area contributed by atoms with Crippen LogP contribution in [0.2, 0.25) is 0 Å². The van der Waals surface area contributed by atoms with Crippen LogP contribution in [0.5, 0.6) is 17.2 Å². The fourth-order valence-electron chi connectivity index (χ4n) is 3.73. The van der Waals surface area contributed by atoms with Gasteiger partial charge in [-0.3, -0.25) is 9.69 Å². The van der Waals surface area contributed by atoms with Crippen molar-refractivity contribution in [3.63, 3.8) is 0 Å². The topological polar surface area (TPSA) is 60.0 Å². The minimum atomic E-state index is -0.126. The Labute approximate surface area is 172 Å². The molecule has 0 radical (unpaired) electrons. The lowest BCUT2D eigenvalue weighted by Gasteiger charge is -2.28. The fraction of sp³-hybridized carbons (Fsp3) is 0.435. The smallest absolute Gasteiger partial charge is 0.251 e. The first-order valence-corrected chi connectivity index (χ1v) is 10.1. The molecule has 1 unspecified atom stereocenters. The molecule has 0 spiro atoms. The van der Waals surface area contributed by atoms with Crippen molar-refractivity contribution in [3.05, 3.63) is 53.6 Å². The van der Waals surface area contributed by atoms with Crippen LogP contribution >= 0.6 is 0 Å². The van der Waals surface area contributed by atoms with Gasteiger partial charge in [0.2, 0.25) is 0 Å². The average molecular weight is 399 g/mol. The molecule has 1 aliphatic rings. The van der Waals surface area contributed by atoms with E-state index in [2.05, 4.69) is 22.3 Å². The monoisotopic (exact) mass is 398 g/mol. The summed E-state index contributed by atoms with van der Waals surface area (Å²) < 4.78 is 16.3. The number of methoxy groups -OCH3 is 2. The Hall–Kier alpha value is -2.73. The second kappa shape index (κ2) is 10.2. The highest BCUT2D eigenvalue weighted by atomic mass is 16.5. The molecule has 156 valence electrons. The number of benzene rings is 2. The van der Waals surface area contributed by atoms with E-state index in [0.717, 1.165) is 24.4 Å². The molecule has 1 fully saturated rings. The van der Waals surface area contributed by atoms with Gasteiger partial charge in [-0.2, -0.15) is 0 Å². The molecule has 6 nitrogen and oxygen atoms in total. The maximum atomic E-state index is 12.8. The zero-order chi connectivity index (χ0) is 20.6. The molecule has 2 aromatic rings. The van der Waals surface area contributed by atoms with Crippen molar-refractivity contribution < 1.29 is 19.0 Å². The second-order valence-corrected chi connectivity index (χ2v) is 7.04. The Kier molecular flexibility index (Phi) is 7.36. The summed E-state index contributed by atoms with van der Waals surface area (Å²) in [6.07, 6.45) is 2.37. The third-order valence-corrected chi connectivity index (χ3v) is 5.24. The van der Waals surface area contributed by atoms with Gasteiger partial charge < -0.3 is 19.5 Å². The highest BCUT2D eigenvalue weighted by Crippen LogP contribution is 2.29. The molecular formula is C23H30N2O4. The number of carbonyl (C=O) groups is 1. The summed E-state index contributed by atoms with van der Waals surface area (Å²) in [5.41, 5.74) is 1.70. The van der Waals surface area contributed by atoms with Gasteiger partial charge in [-0.05, 0) is 68.8 Å². The molecule has 1 amide bonds. The number of amides is 1. The van der Waals surface area contributed by atoms with Gasteiger partial charge in [-0.15, -0.1) is 0 Å². The number of hydrogen-bond donors (Lipinski definition) is 1. The van der Waals surface area contributed by atoms with Gasteiger partial charge in [-0.1, -0.05) is 12.1 Å². The predicted molar refractivity (Wildman–Crippen MR) is 113 cm³/mol. The molecule has 0 bridgehead atoms. The van der Waals surface area contributed by atoms with Crippen molar-refractivity contribution >= 4 is 5.91 Å². The molecule has 0 aromatic heterocycles. The summed E-state index contributed by atoms with van der Waals surface area (Å²) in [6, 6.07) is 13.5. The first-order chi connectivity index (χ1) is 14.2. The van der Waals surface area contributed by atoms with Gasteiger partial charge in [0.05, 0.1) is 26.9 Å². The number of nitrogens with one attached hydrogen (secondary N) is 1. The molecule has 1 heterocycles. The van der Waals surface area contributed by atoms with Crippen LogP contribution in [0.15, 0.2) is 42.5 Å². The normalized spacial score (nSPS) is 15.0. The number of ether oxygens (including phenoxy) is 3. The Balaban J connectivity index is 1.74. The Morgan fingerprint density at radius 1 is 1.07 bits per heavy atom. The van der Waals surface area contributed by atoms with Crippen LogP contribution < -0.4 is 19.5 Å². The highest BCUT2D eigenvalue weighted by molar-refractivity contribution is 5.94. The molecule has 0 saturated carbocycles. The van der Waals surface area contributed by atoms with Crippen molar-refractivity contribution in [3.8, 4) is 17.2 Å². The summed E-state index contributed by atoms with van der Waals surface area (Å²) in [5.74, 6) is 1.90. The number of carbonyl (C=O) groups excluding carboxylic acids is 1. The first kappa shape index (κ1) is 21.0. The van der Waals surface area contributed by atoms with Crippen LogP contribution in [0.3, 0.4) is 0 Å². The average Bonchev–Trinajstić information content (AvgIpc) is 3.29. The molecular weight excluding hydrogens is 368 g/mol. The van der Waals surface area contributed by atoms with E-state index in [1.54, 1.807) is 32.4 Å². The summed E-state index contributed by atoms with van der Waals surface area (Å²) >= 11 is 0. The summed E-state index contributed by atoms with van der Waals surface area (Å²) in [6.45, 7) is 5.06. The molecule has 1 atom stereocenters. The molecule has 1 aliphatic heterocycles. The number of nitrogens with zero attached hydrogens (tertiary/aromatic N) is 1. The Bertz CT molecular complexity index is 818. The van der Waals surface area contributed by atoms with Crippen LogP contribution in [0, 0.1) is 0 Å². The largest absolute Gasteiger partial charge is 0.497 e. The predicted octanol–water partition coefficient (Wildman–Crippen LogP) is 3.67. The highest BCUT2D eigenvalue weighted by Gasteiger charge is 2.24. The number of likely N-dealkylation sites (tertiary alicyclic amines) is 1. The lowest BCUT2D eigenvalue weighted by molar-refractivity contribution is 0.0937. The molecule has 0 aliphatic carbocycles. The van der Waals surface area contributed by atoms with Crippen LogP contribution in [0.1, 0.15) is 41.7 Å². The zero-order valence-electron chi connectivity index (χ0n) is 17.4. The summed E-state index contributed by atoms with van der Waals surface area (Å²) in [7, 11) is 3.25. The molecule has 3 rings (SSSR count). The minimum absolute atomic E-state index is 0.112. The van der Waals surface area contributed by atoms with Gasteiger partial charge >= 0.3 is 0 Å². The van der Waals surface area contributed by atoms with E-state index in [0.29, 0.717) is 30.2 Å². The summed E-state index contributed by atoms with van der Waals surface area (Å²) in [4.78, 5) is 15.2. The van der Waals surface area contributed by atoms with Gasteiger partial charge in [0.25, 0.3) is 5.91 Å². The standard InChI is InChI=1S/C23H30N2O4/c1-4-29-21-11-10-18(15-22(21)28-3)23(26)24-16-20(25-12-5-6-13-25)17-8-7-9-19(14-17)27-2/h7-11,14-15,20H,4-6,12-13,16H2,1-3H3,(H,24,26). The summed E-state index contributed by atoms with van der Waals surface area (Å²) in [5, 5.41) is 3.10. The Morgan fingerprint density at radius 2 is 1.86 bits per heavy atom. The van der Waals surface area contributed by atoms with Crippen molar-refractivity contribution in [2.24, 2.45) is 0 Å². The van der Waals surface area contributed by atoms with E-state index in [1.807, 2.05) is 19.1 Å². The minimum Gasteiger partial charge on any atom is -0.497 e. The first-order valence-electron chi connectivity index (χ1n) is 10.1. The van der Waals surface area contributed by atoms with Crippen molar-refractivity contribution in [1.29, 1.82) is 0 Å². The molecule has 1 N–H and O–H groups in total. The van der Waals surface area contributed by atoms with Gasteiger partial charge in [-0.25, -0.2) is 0 Å². The van der Waals surface area contributed by atoms with E-state index >= 15 is 0 Å².